The van der Waals surface area contributed by atoms with Crippen molar-refractivity contribution in [3.05, 3.63) is 12.2 Å². The monoisotopic (exact) mass is 472 g/mol. The molecule has 186 valence electrons. The number of amides is 4. The summed E-state index contributed by atoms with van der Waals surface area (Å²) >= 11 is 0. The molecular formula is C26H40N4O4+2. The van der Waals surface area contributed by atoms with Crippen LogP contribution in [0.1, 0.15) is 13.8 Å². The first-order valence-electron chi connectivity index (χ1n) is 13.0. The van der Waals surface area contributed by atoms with Crippen LogP contribution in [0.2, 0.25) is 0 Å². The van der Waals surface area contributed by atoms with Gasteiger partial charge in [-0.05, 0) is 37.5 Å². The summed E-state index contributed by atoms with van der Waals surface area (Å²) < 4.78 is 1.50. The molecule has 0 unspecified atom stereocenters. The maximum atomic E-state index is 13.5. The molecule has 0 aromatic carbocycles. The quantitative estimate of drug-likeness (QED) is 0.292. The van der Waals surface area contributed by atoms with Crippen LogP contribution < -0.4 is 0 Å². The van der Waals surface area contributed by atoms with E-state index in [-0.39, 0.29) is 71.0 Å². The average Bonchev–Trinajstić information content (AvgIpc) is 3.15. The van der Waals surface area contributed by atoms with Crippen LogP contribution in [0.4, 0.5) is 0 Å². The molecule has 0 radical (unpaired) electrons. The molecule has 6 aliphatic rings. The van der Waals surface area contributed by atoms with E-state index in [0.29, 0.717) is 13.1 Å². The van der Waals surface area contributed by atoms with Crippen molar-refractivity contribution in [3.63, 3.8) is 0 Å². The fourth-order valence-corrected chi connectivity index (χ4v) is 7.22. The first-order valence-corrected chi connectivity index (χ1v) is 13.0. The van der Waals surface area contributed by atoms with Crippen molar-refractivity contribution in [1.82, 2.24) is 9.80 Å². The van der Waals surface area contributed by atoms with Gasteiger partial charge in [0.25, 0.3) is 0 Å². The number of quaternary nitrogens is 2. The Hall–Kier alpha value is -2.06. The van der Waals surface area contributed by atoms with Crippen molar-refractivity contribution >= 4 is 23.6 Å². The molecule has 34 heavy (non-hydrogen) atoms. The predicted molar refractivity (Wildman–Crippen MR) is 126 cm³/mol. The molecule has 2 heterocycles. The zero-order valence-corrected chi connectivity index (χ0v) is 21.4. The summed E-state index contributed by atoms with van der Waals surface area (Å²) in [6.07, 6.45) is 4.17. The number of likely N-dealkylation sites (tertiary alicyclic amines) is 2. The third-order valence-corrected chi connectivity index (χ3v) is 10.1. The van der Waals surface area contributed by atoms with Gasteiger partial charge in [0.1, 0.15) is 0 Å². The zero-order chi connectivity index (χ0) is 24.7. The van der Waals surface area contributed by atoms with Gasteiger partial charge in [-0.15, -0.1) is 0 Å². The average molecular weight is 473 g/mol. The van der Waals surface area contributed by atoms with Crippen molar-refractivity contribution < 1.29 is 28.1 Å². The minimum atomic E-state index is -0.366. The van der Waals surface area contributed by atoms with Gasteiger partial charge >= 0.3 is 0 Å². The van der Waals surface area contributed by atoms with E-state index in [1.165, 1.54) is 9.80 Å². The van der Waals surface area contributed by atoms with Gasteiger partial charge in [-0.2, -0.15) is 0 Å². The molecule has 8 atom stereocenters. The number of fused-ring (bicyclic) bond motifs is 1. The molecule has 2 aliphatic heterocycles. The number of nitrogens with zero attached hydrogens (tertiary/aromatic N) is 4. The van der Waals surface area contributed by atoms with E-state index in [1.54, 1.807) is 0 Å². The number of carbonyl (C=O) groups excluding carboxylic acids is 4. The lowest BCUT2D eigenvalue weighted by molar-refractivity contribution is -0.887. The van der Waals surface area contributed by atoms with E-state index in [4.69, 9.17) is 0 Å². The van der Waals surface area contributed by atoms with Gasteiger partial charge in [-0.25, -0.2) is 0 Å². The molecule has 0 N–H and O–H groups in total. The van der Waals surface area contributed by atoms with E-state index in [0.717, 1.165) is 35.1 Å². The second-order valence-electron chi connectivity index (χ2n) is 12.4. The van der Waals surface area contributed by atoms with Crippen LogP contribution in [-0.4, -0.2) is 110 Å². The Balaban J connectivity index is 1.36. The van der Waals surface area contributed by atoms with Gasteiger partial charge in [0, 0.05) is 0 Å². The highest BCUT2D eigenvalue weighted by molar-refractivity contribution is 6.09. The summed E-state index contributed by atoms with van der Waals surface area (Å²) in [4.78, 5) is 56.7. The summed E-state index contributed by atoms with van der Waals surface area (Å²) in [6, 6.07) is 0. The molecule has 2 saturated heterocycles. The topological polar surface area (TPSA) is 74.8 Å². The Bertz CT molecular complexity index is 916. The van der Waals surface area contributed by atoms with Gasteiger partial charge < -0.3 is 8.97 Å². The molecule has 6 rings (SSSR count). The summed E-state index contributed by atoms with van der Waals surface area (Å²) in [5.41, 5.74) is 0. The third kappa shape index (κ3) is 3.17. The zero-order valence-electron chi connectivity index (χ0n) is 21.4. The number of hydrogen-bond donors (Lipinski definition) is 0. The van der Waals surface area contributed by atoms with Crippen LogP contribution in [0.25, 0.3) is 0 Å². The Morgan fingerprint density at radius 2 is 0.941 bits per heavy atom. The van der Waals surface area contributed by atoms with Crippen LogP contribution >= 0.6 is 0 Å². The van der Waals surface area contributed by atoms with E-state index in [2.05, 4.69) is 54.2 Å². The SMILES string of the molecule is CC[N+](C)(C)CCN1C(=O)[C@@H]2[C@@H]3C=C[C@@H]([C@@H]2C1=O)[C@H]1[C@H]2C(=O)N(CC[N+](C)(C)CC)C(=O)[C@@H]2[C@H]31. The van der Waals surface area contributed by atoms with Crippen LogP contribution in [0.5, 0.6) is 0 Å². The molecule has 0 spiro atoms. The molecule has 4 fully saturated rings. The minimum absolute atomic E-state index is 0.0101. The first-order chi connectivity index (χ1) is 15.9. The molecule has 8 nitrogen and oxygen atoms in total. The number of rotatable bonds is 8. The van der Waals surface area contributed by atoms with E-state index >= 15 is 0 Å². The van der Waals surface area contributed by atoms with Crippen molar-refractivity contribution in [2.75, 3.05) is 67.5 Å². The molecule has 4 aliphatic carbocycles. The van der Waals surface area contributed by atoms with Gasteiger partial charge in [-0.1, -0.05) is 12.2 Å². The number of likely N-dealkylation sites (N-methyl/N-ethyl adjacent to an activating group) is 2. The van der Waals surface area contributed by atoms with Crippen LogP contribution in [0, 0.1) is 47.3 Å². The maximum absolute atomic E-state index is 13.5. The summed E-state index contributed by atoms with van der Waals surface area (Å²) in [7, 11) is 8.42. The van der Waals surface area contributed by atoms with Gasteiger partial charge in [0.15, 0.2) is 0 Å². The fraction of sp³-hybridized carbons (Fsp3) is 0.769. The summed E-state index contributed by atoms with van der Waals surface area (Å²) in [5.74, 6) is -1.82. The smallest absolute Gasteiger partial charge is 0.233 e. The van der Waals surface area contributed by atoms with Crippen molar-refractivity contribution in [1.29, 1.82) is 0 Å². The second-order valence-corrected chi connectivity index (χ2v) is 12.4. The molecular weight excluding hydrogens is 432 g/mol. The molecule has 4 amide bonds. The third-order valence-electron chi connectivity index (χ3n) is 10.1. The highest BCUT2D eigenvalue weighted by Gasteiger charge is 2.74. The first kappa shape index (κ1) is 23.7. The maximum Gasteiger partial charge on any atom is 0.233 e. The molecule has 8 heteroatoms. The van der Waals surface area contributed by atoms with Crippen LogP contribution in [0.15, 0.2) is 12.2 Å². The molecule has 0 aromatic heterocycles. The van der Waals surface area contributed by atoms with Crippen molar-refractivity contribution in [2.24, 2.45) is 47.3 Å². The van der Waals surface area contributed by atoms with E-state index < -0.39 is 0 Å². The lowest BCUT2D eigenvalue weighted by Crippen LogP contribution is -2.63. The van der Waals surface area contributed by atoms with Crippen LogP contribution in [-0.2, 0) is 19.2 Å². The molecule has 2 saturated carbocycles. The van der Waals surface area contributed by atoms with Crippen LogP contribution in [0.3, 0.4) is 0 Å². The predicted octanol–water partition coefficient (Wildman–Crippen LogP) is 0.443. The molecule has 0 aromatic rings. The van der Waals surface area contributed by atoms with Crippen molar-refractivity contribution in [3.8, 4) is 0 Å². The fourth-order valence-electron chi connectivity index (χ4n) is 7.22. The van der Waals surface area contributed by atoms with E-state index in [9.17, 15) is 19.2 Å². The molecule has 2 bridgehead atoms. The summed E-state index contributed by atoms with van der Waals surface area (Å²) in [6.45, 7) is 8.41. The highest BCUT2D eigenvalue weighted by Crippen LogP contribution is 2.68. The lowest BCUT2D eigenvalue weighted by atomic mass is 9.40. The highest BCUT2D eigenvalue weighted by atomic mass is 16.2. The normalized spacial score (nSPS) is 38.4. The number of allylic oxidation sites excluding steroid dienone is 2. The number of imide groups is 2. The Labute approximate surface area is 202 Å². The van der Waals surface area contributed by atoms with Gasteiger partial charge in [-0.3, -0.25) is 29.0 Å². The number of hydrogen-bond acceptors (Lipinski definition) is 4. The minimum Gasteiger partial charge on any atom is -0.327 e. The Kier molecular flexibility index (Phi) is 5.37. The van der Waals surface area contributed by atoms with Gasteiger partial charge in [0.2, 0.25) is 23.6 Å². The van der Waals surface area contributed by atoms with Gasteiger partial charge in [0.05, 0.1) is 91.1 Å². The van der Waals surface area contributed by atoms with E-state index in [1.807, 2.05) is 0 Å². The second kappa shape index (κ2) is 7.72. The standard InChI is InChI=1S/C26H40N4O4/c1-7-29(3,4)13-11-27-23(31)19-15-9-10-16(20(19)24(27)32)18-17(15)21-22(18)26(34)28(25(21)33)12-14-30(5,6)8-2/h9-10,15-22H,7-8,11-14H2,1-6H3/q+2/t15-,16-,17-,18-,19-,20+,21-,22-/m1/s1. The Morgan fingerprint density at radius 1 is 0.618 bits per heavy atom. The lowest BCUT2D eigenvalue weighted by Gasteiger charge is -2.60. The number of carbonyl (C=O) groups is 4. The Morgan fingerprint density at radius 3 is 1.26 bits per heavy atom. The largest absolute Gasteiger partial charge is 0.327 e. The van der Waals surface area contributed by atoms with Crippen molar-refractivity contribution in [2.45, 2.75) is 13.8 Å². The summed E-state index contributed by atoms with van der Waals surface area (Å²) in [5, 5.41) is 0.